The molecule has 0 radical (unpaired) electrons. The van der Waals surface area contributed by atoms with E-state index in [-0.39, 0.29) is 36.7 Å². The summed E-state index contributed by atoms with van der Waals surface area (Å²) in [6.07, 6.45) is 1.35. The van der Waals surface area contributed by atoms with Crippen LogP contribution in [0.4, 0.5) is 25.0 Å². The van der Waals surface area contributed by atoms with E-state index in [1.165, 1.54) is 17.2 Å². The second-order valence-corrected chi connectivity index (χ2v) is 11.4. The minimum Gasteiger partial charge on any atom is -0.477 e. The highest BCUT2D eigenvalue weighted by Gasteiger charge is 2.40. The Hall–Kier alpha value is -3.61. The van der Waals surface area contributed by atoms with Crippen molar-refractivity contribution in [2.75, 3.05) is 25.0 Å². The third-order valence-electron chi connectivity index (χ3n) is 6.20. The second kappa shape index (κ2) is 12.3. The fourth-order valence-electron chi connectivity index (χ4n) is 4.49. The molecule has 0 saturated carbocycles. The van der Waals surface area contributed by atoms with Crippen molar-refractivity contribution < 1.29 is 28.0 Å². The maximum atomic E-state index is 14.4. The Labute approximate surface area is 238 Å². The Morgan fingerprint density at radius 1 is 1.25 bits per heavy atom. The van der Waals surface area contributed by atoms with Crippen molar-refractivity contribution in [3.8, 4) is 5.88 Å². The normalized spacial score (nSPS) is 17.2. The van der Waals surface area contributed by atoms with E-state index >= 15 is 0 Å². The quantitative estimate of drug-likeness (QED) is 0.159. The van der Waals surface area contributed by atoms with Crippen molar-refractivity contribution in [2.45, 2.75) is 57.8 Å². The van der Waals surface area contributed by atoms with Gasteiger partial charge < -0.3 is 14.8 Å². The number of ether oxygens (including phenoxy) is 2. The van der Waals surface area contributed by atoms with Gasteiger partial charge in [-0.1, -0.05) is 15.9 Å². The van der Waals surface area contributed by atoms with Crippen LogP contribution in [-0.2, 0) is 4.74 Å². The van der Waals surface area contributed by atoms with Crippen LogP contribution in [0.25, 0.3) is 10.9 Å². The summed E-state index contributed by atoms with van der Waals surface area (Å²) in [5, 5.41) is 15.3. The zero-order valence-corrected chi connectivity index (χ0v) is 23.9. The van der Waals surface area contributed by atoms with Gasteiger partial charge in [-0.25, -0.2) is 23.5 Å². The van der Waals surface area contributed by atoms with Gasteiger partial charge in [-0.2, -0.15) is 0 Å². The van der Waals surface area contributed by atoms with Gasteiger partial charge in [0.2, 0.25) is 5.88 Å². The van der Waals surface area contributed by atoms with E-state index in [9.17, 15) is 23.7 Å². The molecule has 40 heavy (non-hydrogen) atoms. The number of anilines is 1. The molecule has 0 unspecified atom stereocenters. The first-order valence-electron chi connectivity index (χ1n) is 12.8. The monoisotopic (exact) mass is 621 g/mol. The largest absolute Gasteiger partial charge is 0.477 e. The topological polar surface area (TPSA) is 120 Å². The number of unbranched alkanes of at least 4 members (excludes halogenated alkanes) is 1. The third kappa shape index (κ3) is 7.12. The number of hydrogen-bond donors (Lipinski definition) is 1. The standard InChI is InChI=1S/C27H30BrF2N5O5/c1-27(2,3)40-26(36)34-15-18(30)12-22(34)20-11-17(29)13-33-25(20)39-9-5-4-8-31-24-19-10-16(28)6-7-21(19)32-14-23(24)35(37)38/h6-7,10-11,13-14,18,22H,4-5,8-9,12,15H2,1-3H3,(H,31,32)/t18-,22+/m0/s1. The van der Waals surface area contributed by atoms with Crippen molar-refractivity contribution >= 4 is 44.3 Å². The molecule has 1 amide bonds. The van der Waals surface area contributed by atoms with Crippen molar-refractivity contribution in [1.29, 1.82) is 0 Å². The molecular weight excluding hydrogens is 592 g/mol. The molecule has 4 rings (SSSR count). The predicted octanol–water partition coefficient (Wildman–Crippen LogP) is 6.73. The molecule has 2 atom stereocenters. The number of aromatic nitrogens is 2. The first-order chi connectivity index (χ1) is 18.9. The number of nitro groups is 1. The van der Waals surface area contributed by atoms with Gasteiger partial charge in [0, 0.05) is 28.4 Å². The molecule has 2 aromatic heterocycles. The van der Waals surface area contributed by atoms with E-state index in [2.05, 4.69) is 31.2 Å². The van der Waals surface area contributed by atoms with Gasteiger partial charge in [-0.05, 0) is 57.9 Å². The fourth-order valence-corrected chi connectivity index (χ4v) is 4.85. The molecule has 1 aromatic carbocycles. The number of pyridine rings is 2. The van der Waals surface area contributed by atoms with E-state index in [1.54, 1.807) is 32.9 Å². The molecule has 0 bridgehead atoms. The second-order valence-electron chi connectivity index (χ2n) is 10.4. The smallest absolute Gasteiger partial charge is 0.410 e. The predicted molar refractivity (Wildman–Crippen MR) is 149 cm³/mol. The average Bonchev–Trinajstić information content (AvgIpc) is 3.27. The number of benzene rings is 1. The Morgan fingerprint density at radius 3 is 2.75 bits per heavy atom. The molecule has 1 N–H and O–H groups in total. The number of nitrogens with one attached hydrogen (secondary N) is 1. The first-order valence-corrected chi connectivity index (χ1v) is 13.6. The number of amides is 1. The Bertz CT molecular complexity index is 1400. The molecule has 1 aliphatic heterocycles. The van der Waals surface area contributed by atoms with Crippen LogP contribution in [0.3, 0.4) is 0 Å². The lowest BCUT2D eigenvalue weighted by molar-refractivity contribution is -0.384. The molecule has 13 heteroatoms. The molecule has 3 aromatic rings. The van der Waals surface area contributed by atoms with Crippen LogP contribution in [-0.4, -0.2) is 57.4 Å². The van der Waals surface area contributed by atoms with Gasteiger partial charge in [0.25, 0.3) is 0 Å². The number of rotatable bonds is 9. The van der Waals surface area contributed by atoms with E-state index in [1.807, 2.05) is 6.07 Å². The molecule has 1 fully saturated rings. The summed E-state index contributed by atoms with van der Waals surface area (Å²) in [6.45, 7) is 5.58. The van der Waals surface area contributed by atoms with Crippen LogP contribution >= 0.6 is 15.9 Å². The molecule has 1 saturated heterocycles. The highest BCUT2D eigenvalue weighted by atomic mass is 79.9. The fraction of sp³-hybridized carbons (Fsp3) is 0.444. The van der Waals surface area contributed by atoms with Crippen LogP contribution in [0.2, 0.25) is 0 Å². The maximum Gasteiger partial charge on any atom is 0.410 e. The summed E-state index contributed by atoms with van der Waals surface area (Å²) >= 11 is 3.39. The third-order valence-corrected chi connectivity index (χ3v) is 6.69. The van der Waals surface area contributed by atoms with Crippen LogP contribution in [0, 0.1) is 15.9 Å². The molecule has 0 aliphatic carbocycles. The van der Waals surface area contributed by atoms with Gasteiger partial charge in [-0.15, -0.1) is 0 Å². The number of fused-ring (bicyclic) bond motifs is 1. The Kier molecular flexibility index (Phi) is 9.02. The van der Waals surface area contributed by atoms with Crippen molar-refractivity contribution in [3.63, 3.8) is 0 Å². The highest BCUT2D eigenvalue weighted by molar-refractivity contribution is 9.10. The van der Waals surface area contributed by atoms with Gasteiger partial charge >= 0.3 is 11.8 Å². The van der Waals surface area contributed by atoms with Gasteiger partial charge in [0.15, 0.2) is 0 Å². The molecule has 1 aliphatic rings. The van der Waals surface area contributed by atoms with Crippen LogP contribution < -0.4 is 10.1 Å². The average molecular weight is 622 g/mol. The van der Waals surface area contributed by atoms with E-state index in [0.717, 1.165) is 10.7 Å². The summed E-state index contributed by atoms with van der Waals surface area (Å²) in [5.41, 5.74) is 0.373. The van der Waals surface area contributed by atoms with Crippen molar-refractivity contribution in [1.82, 2.24) is 14.9 Å². The zero-order chi connectivity index (χ0) is 29.0. The lowest BCUT2D eigenvalue weighted by atomic mass is 10.1. The van der Waals surface area contributed by atoms with E-state index in [0.29, 0.717) is 36.0 Å². The summed E-state index contributed by atoms with van der Waals surface area (Å²) in [4.78, 5) is 33.3. The number of halogens is 3. The first kappa shape index (κ1) is 29.4. The number of carbonyl (C=O) groups excluding carboxylic acids is 1. The molecule has 3 heterocycles. The molecular formula is C27H30BrF2N5O5. The van der Waals surface area contributed by atoms with Gasteiger partial charge in [0.1, 0.15) is 29.5 Å². The van der Waals surface area contributed by atoms with Crippen molar-refractivity contribution in [2.24, 2.45) is 0 Å². The molecule has 0 spiro atoms. The van der Waals surface area contributed by atoms with Crippen LogP contribution in [0.5, 0.6) is 5.88 Å². The Balaban J connectivity index is 1.39. The van der Waals surface area contributed by atoms with E-state index < -0.39 is 34.6 Å². The van der Waals surface area contributed by atoms with Crippen LogP contribution in [0.15, 0.2) is 41.1 Å². The van der Waals surface area contributed by atoms with Crippen molar-refractivity contribution in [3.05, 3.63) is 62.6 Å². The van der Waals surface area contributed by atoms with Gasteiger partial charge in [0.05, 0.1) is 35.8 Å². The van der Waals surface area contributed by atoms with Crippen LogP contribution in [0.1, 0.15) is 51.6 Å². The summed E-state index contributed by atoms with van der Waals surface area (Å²) < 4.78 is 40.6. The zero-order valence-electron chi connectivity index (χ0n) is 22.3. The number of likely N-dealkylation sites (tertiary alicyclic amines) is 1. The highest BCUT2D eigenvalue weighted by Crippen LogP contribution is 2.39. The van der Waals surface area contributed by atoms with E-state index in [4.69, 9.17) is 9.47 Å². The number of hydrogen-bond acceptors (Lipinski definition) is 8. The number of carbonyl (C=O) groups is 1. The minimum absolute atomic E-state index is 0.0283. The maximum absolute atomic E-state index is 14.4. The lowest BCUT2D eigenvalue weighted by Crippen LogP contribution is -2.37. The molecule has 10 nitrogen and oxygen atoms in total. The SMILES string of the molecule is CC(C)(C)OC(=O)N1C[C@@H](F)C[C@@H]1c1cc(F)cnc1OCCCCNc1c([N+](=O)[O-])cnc2ccc(Br)cc12. The Morgan fingerprint density at radius 2 is 2.02 bits per heavy atom. The number of nitrogens with zero attached hydrogens (tertiary/aromatic N) is 4. The minimum atomic E-state index is -1.30. The lowest BCUT2D eigenvalue weighted by Gasteiger charge is -2.29. The van der Waals surface area contributed by atoms with Gasteiger partial charge in [-0.3, -0.25) is 15.0 Å². The summed E-state index contributed by atoms with van der Waals surface area (Å²) in [7, 11) is 0. The molecule has 214 valence electrons. The number of alkyl halides is 1. The summed E-state index contributed by atoms with van der Waals surface area (Å²) in [5.74, 6) is -0.515. The summed E-state index contributed by atoms with van der Waals surface area (Å²) in [6, 6.07) is 5.77.